The number of hydrogen-bond donors (Lipinski definition) is 3. The number of amides is 5. The van der Waals surface area contributed by atoms with Crippen LogP contribution in [0.5, 0.6) is 0 Å². The molecule has 3 N–H and O–H groups in total. The van der Waals surface area contributed by atoms with Gasteiger partial charge in [-0.1, -0.05) is 12.6 Å². The Labute approximate surface area is 227 Å². The molecule has 3 aliphatic rings. The van der Waals surface area contributed by atoms with Crippen LogP contribution in [0, 0.1) is 0 Å². The van der Waals surface area contributed by atoms with E-state index in [0.29, 0.717) is 49.4 Å². The summed E-state index contributed by atoms with van der Waals surface area (Å²) < 4.78 is 1.94. The zero-order valence-corrected chi connectivity index (χ0v) is 22.6. The van der Waals surface area contributed by atoms with Gasteiger partial charge in [0.2, 0.25) is 5.91 Å². The van der Waals surface area contributed by atoms with Gasteiger partial charge >= 0.3 is 6.03 Å². The minimum Gasteiger partial charge on any atom is -0.380 e. The maximum atomic E-state index is 13.3. The lowest BCUT2D eigenvalue weighted by Gasteiger charge is -2.34. The second-order valence-corrected chi connectivity index (χ2v) is 11.4. The number of nitrogens with one attached hydrogen (secondary N) is 3. The Kier molecular flexibility index (Phi) is 6.92. The van der Waals surface area contributed by atoms with Crippen molar-refractivity contribution in [1.82, 2.24) is 30.2 Å². The number of carbonyl (C=O) groups excluding carboxylic acids is 4. The van der Waals surface area contributed by atoms with E-state index in [9.17, 15) is 19.2 Å². The summed E-state index contributed by atoms with van der Waals surface area (Å²) in [7, 11) is 0. The molecule has 0 radical (unpaired) electrons. The van der Waals surface area contributed by atoms with Crippen LogP contribution in [0.15, 0.2) is 42.9 Å². The Morgan fingerprint density at radius 3 is 2.56 bits per heavy atom. The summed E-state index contributed by atoms with van der Waals surface area (Å²) >= 11 is 0. The van der Waals surface area contributed by atoms with Crippen LogP contribution in [0.25, 0.3) is 0 Å². The van der Waals surface area contributed by atoms with E-state index < -0.39 is 17.9 Å². The summed E-state index contributed by atoms with van der Waals surface area (Å²) in [5.41, 5.74) is 2.37. The van der Waals surface area contributed by atoms with Crippen LogP contribution in [-0.4, -0.2) is 68.0 Å². The molecule has 206 valence electrons. The van der Waals surface area contributed by atoms with Crippen LogP contribution in [0.1, 0.15) is 78.8 Å². The predicted molar refractivity (Wildman–Crippen MR) is 145 cm³/mol. The van der Waals surface area contributed by atoms with Gasteiger partial charge in [-0.2, -0.15) is 5.10 Å². The van der Waals surface area contributed by atoms with Crippen molar-refractivity contribution in [3.05, 3.63) is 59.6 Å². The van der Waals surface area contributed by atoms with Gasteiger partial charge in [0.1, 0.15) is 6.04 Å². The predicted octanol–water partition coefficient (Wildman–Crippen LogP) is 3.03. The second kappa shape index (κ2) is 10.2. The molecular formula is C28H35N7O4. The smallest absolute Gasteiger partial charge is 0.317 e. The van der Waals surface area contributed by atoms with Crippen molar-refractivity contribution in [3.8, 4) is 0 Å². The fraction of sp³-hybridized carbons (Fsp3) is 0.464. The summed E-state index contributed by atoms with van der Waals surface area (Å²) in [5.74, 6) is -1.31. The number of imide groups is 1. The van der Waals surface area contributed by atoms with Gasteiger partial charge in [0, 0.05) is 48.3 Å². The number of benzene rings is 1. The third-order valence-electron chi connectivity index (χ3n) is 7.33. The van der Waals surface area contributed by atoms with Crippen LogP contribution in [0.4, 0.5) is 10.5 Å². The van der Waals surface area contributed by atoms with E-state index in [1.165, 1.54) is 0 Å². The number of allylic oxidation sites excluding steroid dienone is 1. The van der Waals surface area contributed by atoms with Crippen molar-refractivity contribution in [2.75, 3.05) is 18.4 Å². The molecule has 5 rings (SSSR count). The summed E-state index contributed by atoms with van der Waals surface area (Å²) in [5, 5.41) is 13.5. The second-order valence-electron chi connectivity index (χ2n) is 11.4. The van der Waals surface area contributed by atoms with Gasteiger partial charge < -0.3 is 20.9 Å². The highest BCUT2D eigenvalue weighted by atomic mass is 16.2. The SMILES string of the molecule is C=C1CCC(N2C(=O)c3cccc(NCc4cnn(C5CCN(C(=O)NC(C)(C)C)CC5)c4)c3C2=O)C(=O)N1. The molecule has 1 unspecified atom stereocenters. The number of piperidine rings is 2. The Morgan fingerprint density at radius 2 is 1.87 bits per heavy atom. The minimum absolute atomic E-state index is 0.0390. The number of fused-ring (bicyclic) bond motifs is 1. The molecule has 1 atom stereocenters. The highest BCUT2D eigenvalue weighted by Crippen LogP contribution is 2.33. The van der Waals surface area contributed by atoms with Gasteiger partial charge in [0.05, 0.1) is 23.4 Å². The van der Waals surface area contributed by atoms with E-state index >= 15 is 0 Å². The molecule has 3 aliphatic heterocycles. The molecule has 0 spiro atoms. The zero-order chi connectivity index (χ0) is 27.9. The molecule has 0 bridgehead atoms. The van der Waals surface area contributed by atoms with Crippen molar-refractivity contribution < 1.29 is 19.2 Å². The lowest BCUT2D eigenvalue weighted by atomic mass is 10.0. The van der Waals surface area contributed by atoms with Gasteiger partial charge in [-0.05, 0) is 58.6 Å². The molecule has 2 saturated heterocycles. The Balaban J connectivity index is 1.21. The maximum absolute atomic E-state index is 13.3. The monoisotopic (exact) mass is 533 g/mol. The number of hydrogen-bond acceptors (Lipinski definition) is 6. The molecule has 39 heavy (non-hydrogen) atoms. The van der Waals surface area contributed by atoms with Crippen LogP contribution in [0.2, 0.25) is 0 Å². The quantitative estimate of drug-likeness (QED) is 0.507. The van der Waals surface area contributed by atoms with Crippen LogP contribution < -0.4 is 16.0 Å². The standard InChI is InChI=1S/C28H35N7O4/c1-17-8-9-22(24(36)31-17)35-25(37)20-6-5-7-21(23(20)26(35)38)29-14-18-15-30-34(16-18)19-10-12-33(13-11-19)27(39)32-28(2,3)4/h5-7,15-16,19,22,29H,1,8-14H2,2-4H3,(H,31,36)(H,32,39). The molecule has 1 aromatic heterocycles. The summed E-state index contributed by atoms with van der Waals surface area (Å²) in [4.78, 5) is 54.3. The molecule has 0 saturated carbocycles. The fourth-order valence-electron chi connectivity index (χ4n) is 5.34. The highest BCUT2D eigenvalue weighted by molar-refractivity contribution is 6.25. The molecule has 1 aromatic carbocycles. The molecule has 2 aromatic rings. The third-order valence-corrected chi connectivity index (χ3v) is 7.33. The molecule has 11 nitrogen and oxygen atoms in total. The summed E-state index contributed by atoms with van der Waals surface area (Å²) in [6, 6.07) is 4.42. The summed E-state index contributed by atoms with van der Waals surface area (Å²) in [6.45, 7) is 11.4. The molecule has 2 fully saturated rings. The van der Waals surface area contributed by atoms with Crippen molar-refractivity contribution >= 4 is 29.4 Å². The van der Waals surface area contributed by atoms with E-state index in [0.717, 1.165) is 23.3 Å². The number of anilines is 1. The molecule has 11 heteroatoms. The molecular weight excluding hydrogens is 498 g/mol. The Bertz CT molecular complexity index is 1330. The number of aromatic nitrogens is 2. The number of likely N-dealkylation sites (tertiary alicyclic amines) is 1. The highest BCUT2D eigenvalue weighted by Gasteiger charge is 2.45. The number of rotatable bonds is 5. The van der Waals surface area contributed by atoms with Crippen molar-refractivity contribution in [2.24, 2.45) is 0 Å². The Morgan fingerprint density at radius 1 is 1.13 bits per heavy atom. The van der Waals surface area contributed by atoms with E-state index in [1.54, 1.807) is 24.4 Å². The molecule has 0 aliphatic carbocycles. The van der Waals surface area contributed by atoms with Gasteiger partial charge in [-0.15, -0.1) is 0 Å². The van der Waals surface area contributed by atoms with Crippen LogP contribution in [0.3, 0.4) is 0 Å². The Hall–Kier alpha value is -4.15. The number of carbonyl (C=O) groups is 4. The number of nitrogens with zero attached hydrogens (tertiary/aromatic N) is 4. The first kappa shape index (κ1) is 26.5. The van der Waals surface area contributed by atoms with E-state index in [-0.39, 0.29) is 29.1 Å². The minimum atomic E-state index is -0.847. The zero-order valence-electron chi connectivity index (χ0n) is 22.6. The van der Waals surface area contributed by atoms with Gasteiger partial charge in [0.15, 0.2) is 0 Å². The first-order valence-electron chi connectivity index (χ1n) is 13.4. The normalized spacial score (nSPS) is 20.2. The fourth-order valence-corrected chi connectivity index (χ4v) is 5.34. The van der Waals surface area contributed by atoms with Crippen molar-refractivity contribution in [2.45, 2.75) is 70.6 Å². The summed E-state index contributed by atoms with van der Waals surface area (Å²) in [6.07, 6.45) is 6.26. The van der Waals surface area contributed by atoms with E-state index in [1.807, 2.05) is 36.5 Å². The topological polar surface area (TPSA) is 129 Å². The van der Waals surface area contributed by atoms with E-state index in [4.69, 9.17) is 0 Å². The van der Waals surface area contributed by atoms with Crippen molar-refractivity contribution in [1.29, 1.82) is 0 Å². The van der Waals surface area contributed by atoms with Crippen molar-refractivity contribution in [3.63, 3.8) is 0 Å². The average molecular weight is 534 g/mol. The largest absolute Gasteiger partial charge is 0.380 e. The average Bonchev–Trinajstić information content (AvgIpc) is 3.45. The molecule has 5 amide bonds. The lowest BCUT2D eigenvalue weighted by Crippen LogP contribution is -2.51. The van der Waals surface area contributed by atoms with E-state index in [2.05, 4.69) is 27.6 Å². The third kappa shape index (κ3) is 5.39. The number of urea groups is 1. The first-order chi connectivity index (χ1) is 18.5. The van der Waals surface area contributed by atoms with Crippen LogP contribution in [-0.2, 0) is 11.3 Å². The van der Waals surface area contributed by atoms with Gasteiger partial charge in [-0.3, -0.25) is 24.0 Å². The first-order valence-corrected chi connectivity index (χ1v) is 13.4. The van der Waals surface area contributed by atoms with Crippen LogP contribution >= 0.6 is 0 Å². The molecule has 4 heterocycles. The lowest BCUT2D eigenvalue weighted by molar-refractivity contribution is -0.125. The van der Waals surface area contributed by atoms with Gasteiger partial charge in [-0.25, -0.2) is 4.79 Å². The maximum Gasteiger partial charge on any atom is 0.317 e. The van der Waals surface area contributed by atoms with Gasteiger partial charge in [0.25, 0.3) is 11.8 Å².